The minimum Gasteiger partial charge on any atom is -0.427 e. The molecular formula is C53H70O4. The van der Waals surface area contributed by atoms with E-state index in [4.69, 9.17) is 9.47 Å². The molecule has 57 heavy (non-hydrogen) atoms. The van der Waals surface area contributed by atoms with Crippen molar-refractivity contribution in [3.05, 3.63) is 119 Å². The van der Waals surface area contributed by atoms with Gasteiger partial charge >= 0.3 is 11.9 Å². The molecule has 0 saturated heterocycles. The zero-order valence-electron chi connectivity index (χ0n) is 35.3. The van der Waals surface area contributed by atoms with Crippen LogP contribution in [0.2, 0.25) is 0 Å². The fourth-order valence-electron chi connectivity index (χ4n) is 8.80. The van der Waals surface area contributed by atoms with Crippen molar-refractivity contribution in [1.82, 2.24) is 0 Å². The summed E-state index contributed by atoms with van der Waals surface area (Å²) in [5.41, 5.74) is 6.40. The second-order valence-corrected chi connectivity index (χ2v) is 16.4. The summed E-state index contributed by atoms with van der Waals surface area (Å²) in [6.45, 7) is 4.53. The first-order valence-corrected chi connectivity index (χ1v) is 22.9. The van der Waals surface area contributed by atoms with Gasteiger partial charge in [0.15, 0.2) is 0 Å². The number of carbonyl (C=O) groups excluding carboxylic acids is 2. The quantitative estimate of drug-likeness (QED) is 0.0289. The maximum absolute atomic E-state index is 12.8. The van der Waals surface area contributed by atoms with E-state index in [9.17, 15) is 9.59 Å². The van der Waals surface area contributed by atoms with Gasteiger partial charge in [-0.3, -0.25) is 9.59 Å². The molecule has 4 heteroatoms. The minimum atomic E-state index is -0.594. The highest BCUT2D eigenvalue weighted by atomic mass is 16.5. The number of esters is 2. The smallest absolute Gasteiger partial charge is 0.311 e. The number of carbonyl (C=O) groups is 2. The molecule has 0 unspecified atom stereocenters. The summed E-state index contributed by atoms with van der Waals surface area (Å²) in [5, 5.41) is 0. The van der Waals surface area contributed by atoms with Crippen LogP contribution in [0.15, 0.2) is 97.1 Å². The Morgan fingerprint density at radius 2 is 0.684 bits per heavy atom. The third-order valence-electron chi connectivity index (χ3n) is 12.0. The first kappa shape index (κ1) is 43.9. The summed E-state index contributed by atoms with van der Waals surface area (Å²) in [4.78, 5) is 25.7. The molecule has 4 nitrogen and oxygen atoms in total. The normalized spacial score (nSPS) is 12.6. The first-order chi connectivity index (χ1) is 28.1. The lowest BCUT2D eigenvalue weighted by molar-refractivity contribution is -0.135. The van der Waals surface area contributed by atoms with Gasteiger partial charge < -0.3 is 9.47 Å². The van der Waals surface area contributed by atoms with Gasteiger partial charge in [-0.1, -0.05) is 215 Å². The van der Waals surface area contributed by atoms with Gasteiger partial charge in [-0.15, -0.1) is 0 Å². The Hall–Kier alpha value is -4.18. The average molecular weight is 771 g/mol. The fraction of sp³-hybridized carbons (Fsp3) is 0.509. The van der Waals surface area contributed by atoms with Crippen molar-refractivity contribution in [2.45, 2.75) is 173 Å². The molecule has 0 atom stereocenters. The molecule has 0 bridgehead atoms. The van der Waals surface area contributed by atoms with Crippen LogP contribution in [0.4, 0.5) is 0 Å². The summed E-state index contributed by atoms with van der Waals surface area (Å²) in [6.07, 6.45) is 28.4. The molecule has 0 aliphatic heterocycles. The number of ether oxygens (including phenoxy) is 2. The summed E-state index contributed by atoms with van der Waals surface area (Å²) in [6, 6.07) is 33.4. The van der Waals surface area contributed by atoms with E-state index >= 15 is 0 Å². The van der Waals surface area contributed by atoms with Crippen molar-refractivity contribution in [1.29, 1.82) is 0 Å². The van der Waals surface area contributed by atoms with E-state index in [0.29, 0.717) is 24.3 Å². The van der Waals surface area contributed by atoms with E-state index in [1.807, 2.05) is 24.3 Å². The highest BCUT2D eigenvalue weighted by molar-refractivity contribution is 5.86. The average Bonchev–Trinajstić information content (AvgIpc) is 3.53. The van der Waals surface area contributed by atoms with Crippen molar-refractivity contribution in [3.8, 4) is 22.6 Å². The molecule has 5 rings (SSSR count). The molecule has 0 amide bonds. The van der Waals surface area contributed by atoms with Gasteiger partial charge in [0, 0.05) is 12.8 Å². The van der Waals surface area contributed by atoms with E-state index in [0.717, 1.165) is 36.8 Å². The molecule has 0 spiro atoms. The Balaban J connectivity index is 1.17. The number of unbranched alkanes of at least 4 members (excludes halogenated alkanes) is 20. The number of benzene rings is 4. The number of fused-ring (bicyclic) bond motifs is 3. The lowest BCUT2D eigenvalue weighted by Gasteiger charge is -2.34. The molecule has 0 heterocycles. The number of hydrogen-bond acceptors (Lipinski definition) is 4. The molecule has 1 aliphatic carbocycles. The van der Waals surface area contributed by atoms with Crippen LogP contribution in [-0.4, -0.2) is 11.9 Å². The third kappa shape index (κ3) is 12.9. The second kappa shape index (κ2) is 24.6. The predicted octanol–water partition coefficient (Wildman–Crippen LogP) is 15.3. The molecule has 0 radical (unpaired) electrons. The SMILES string of the molecule is CCCCCCCCCCCCCC(=O)Oc1ccc(C2(c3ccc(OC(=O)CCCCCCCCCCCCC)cc3)c3ccccc3-c3ccccc32)cc1. The fourth-order valence-corrected chi connectivity index (χ4v) is 8.80. The Bertz CT molecular complexity index is 1620. The second-order valence-electron chi connectivity index (χ2n) is 16.4. The lowest BCUT2D eigenvalue weighted by atomic mass is 9.68. The summed E-state index contributed by atoms with van der Waals surface area (Å²) in [7, 11) is 0. The molecule has 4 aromatic carbocycles. The van der Waals surface area contributed by atoms with Crippen LogP contribution in [0, 0.1) is 0 Å². The molecule has 0 N–H and O–H groups in total. The van der Waals surface area contributed by atoms with Gasteiger partial charge in [-0.2, -0.15) is 0 Å². The van der Waals surface area contributed by atoms with Crippen LogP contribution in [0.5, 0.6) is 11.5 Å². The monoisotopic (exact) mass is 771 g/mol. The predicted molar refractivity (Wildman–Crippen MR) is 237 cm³/mol. The van der Waals surface area contributed by atoms with E-state index < -0.39 is 5.41 Å². The van der Waals surface area contributed by atoms with Crippen LogP contribution in [-0.2, 0) is 15.0 Å². The van der Waals surface area contributed by atoms with Crippen molar-refractivity contribution >= 4 is 11.9 Å². The molecular weight excluding hydrogens is 701 g/mol. The van der Waals surface area contributed by atoms with Crippen molar-refractivity contribution in [3.63, 3.8) is 0 Å². The lowest BCUT2D eigenvalue weighted by Crippen LogP contribution is -2.28. The standard InChI is InChI=1S/C53H70O4/c1-3-5-7-9-11-13-15-17-19-21-23-33-51(54)56-45-39-35-43(36-40-45)53(49-31-27-25-29-47(49)48-30-26-28-32-50(48)53)44-37-41-46(42-38-44)57-52(55)34-24-22-20-18-16-14-12-10-8-6-4-2/h25-32,35-42H,3-24,33-34H2,1-2H3. The first-order valence-electron chi connectivity index (χ1n) is 22.9. The van der Waals surface area contributed by atoms with Gasteiger partial charge in [-0.05, 0) is 70.5 Å². The molecule has 0 fully saturated rings. The summed E-state index contributed by atoms with van der Waals surface area (Å²) >= 11 is 0. The van der Waals surface area contributed by atoms with Gasteiger partial charge in [-0.25, -0.2) is 0 Å². The zero-order chi connectivity index (χ0) is 40.0. The Kier molecular flexibility index (Phi) is 18.9. The van der Waals surface area contributed by atoms with E-state index in [1.165, 1.54) is 138 Å². The van der Waals surface area contributed by atoms with Crippen LogP contribution in [0.1, 0.15) is 190 Å². The Morgan fingerprint density at radius 3 is 1.02 bits per heavy atom. The highest BCUT2D eigenvalue weighted by Crippen LogP contribution is 2.56. The van der Waals surface area contributed by atoms with Crippen LogP contribution in [0.25, 0.3) is 11.1 Å². The van der Waals surface area contributed by atoms with Crippen LogP contribution >= 0.6 is 0 Å². The van der Waals surface area contributed by atoms with Crippen molar-refractivity contribution in [2.75, 3.05) is 0 Å². The van der Waals surface area contributed by atoms with Gasteiger partial charge in [0.1, 0.15) is 11.5 Å². The molecule has 4 aromatic rings. The zero-order valence-corrected chi connectivity index (χ0v) is 35.3. The Labute approximate surface area is 345 Å². The van der Waals surface area contributed by atoms with Crippen molar-refractivity contribution < 1.29 is 19.1 Å². The molecule has 0 saturated carbocycles. The highest BCUT2D eigenvalue weighted by Gasteiger charge is 2.45. The van der Waals surface area contributed by atoms with Gasteiger partial charge in [0.2, 0.25) is 0 Å². The molecule has 0 aromatic heterocycles. The van der Waals surface area contributed by atoms with Crippen LogP contribution in [0.3, 0.4) is 0 Å². The maximum Gasteiger partial charge on any atom is 0.311 e. The topological polar surface area (TPSA) is 52.6 Å². The summed E-state index contributed by atoms with van der Waals surface area (Å²) in [5.74, 6) is 0.806. The minimum absolute atomic E-state index is 0.168. The Morgan fingerprint density at radius 1 is 0.386 bits per heavy atom. The van der Waals surface area contributed by atoms with E-state index in [1.54, 1.807) is 0 Å². The van der Waals surface area contributed by atoms with E-state index in [2.05, 4.69) is 86.6 Å². The van der Waals surface area contributed by atoms with Crippen molar-refractivity contribution in [2.24, 2.45) is 0 Å². The van der Waals surface area contributed by atoms with E-state index in [-0.39, 0.29) is 11.9 Å². The van der Waals surface area contributed by atoms with Crippen LogP contribution < -0.4 is 9.47 Å². The van der Waals surface area contributed by atoms with Gasteiger partial charge in [0.05, 0.1) is 5.41 Å². The maximum atomic E-state index is 12.8. The van der Waals surface area contributed by atoms with Gasteiger partial charge in [0.25, 0.3) is 0 Å². The largest absolute Gasteiger partial charge is 0.427 e. The molecule has 306 valence electrons. The number of rotatable bonds is 28. The molecule has 1 aliphatic rings. The third-order valence-corrected chi connectivity index (χ3v) is 12.0. The number of hydrogen-bond donors (Lipinski definition) is 0. The summed E-state index contributed by atoms with van der Waals surface area (Å²) < 4.78 is 11.7.